The minimum atomic E-state index is 0.0216. The van der Waals surface area contributed by atoms with E-state index >= 15 is 0 Å². The average molecular weight is 246 g/mol. The fourth-order valence-corrected chi connectivity index (χ4v) is 1.35. The molecule has 1 unspecified atom stereocenters. The van der Waals surface area contributed by atoms with Crippen LogP contribution in [0.25, 0.3) is 0 Å². The predicted molar refractivity (Wildman–Crippen MR) is 70.0 cm³/mol. The van der Waals surface area contributed by atoms with E-state index in [-0.39, 0.29) is 11.9 Å². The van der Waals surface area contributed by atoms with E-state index in [1.54, 1.807) is 18.3 Å². The lowest BCUT2D eigenvalue weighted by Crippen LogP contribution is -2.32. The molecule has 0 aliphatic carbocycles. The summed E-state index contributed by atoms with van der Waals surface area (Å²) in [6, 6.07) is 5.55. The van der Waals surface area contributed by atoms with Gasteiger partial charge in [0.25, 0.3) is 0 Å². The topological polar surface area (TPSA) is 77.8 Å². The van der Waals surface area contributed by atoms with Crippen molar-refractivity contribution in [1.82, 2.24) is 10.3 Å². The zero-order valence-corrected chi connectivity index (χ0v) is 10.7. The standard InChI is InChI=1S/C13H18N4O/c1-3-10(2)17-13(18)5-7-16-12-8-11(9-14)4-6-15-12/h4,6,8,10H,3,5,7H2,1-2H3,(H,15,16)(H,17,18). The van der Waals surface area contributed by atoms with Gasteiger partial charge in [0.15, 0.2) is 0 Å². The summed E-state index contributed by atoms with van der Waals surface area (Å²) in [5.41, 5.74) is 0.552. The van der Waals surface area contributed by atoms with Gasteiger partial charge in [0.2, 0.25) is 5.91 Å². The SMILES string of the molecule is CCC(C)NC(=O)CCNc1cc(C#N)ccn1. The minimum absolute atomic E-state index is 0.0216. The Balaban J connectivity index is 2.33. The van der Waals surface area contributed by atoms with Crippen LogP contribution in [0.3, 0.4) is 0 Å². The normalized spacial score (nSPS) is 11.4. The molecule has 0 fully saturated rings. The maximum atomic E-state index is 11.5. The van der Waals surface area contributed by atoms with E-state index in [0.717, 1.165) is 6.42 Å². The monoisotopic (exact) mass is 246 g/mol. The Labute approximate surface area is 107 Å². The number of nitrogens with one attached hydrogen (secondary N) is 2. The first-order chi connectivity index (χ1) is 8.65. The summed E-state index contributed by atoms with van der Waals surface area (Å²) in [5.74, 6) is 0.638. The smallest absolute Gasteiger partial charge is 0.221 e. The van der Waals surface area contributed by atoms with Gasteiger partial charge in [-0.3, -0.25) is 4.79 Å². The maximum absolute atomic E-state index is 11.5. The molecule has 18 heavy (non-hydrogen) atoms. The number of rotatable bonds is 6. The number of hydrogen-bond donors (Lipinski definition) is 2. The second-order valence-corrected chi connectivity index (χ2v) is 4.10. The van der Waals surface area contributed by atoms with Crippen LogP contribution >= 0.6 is 0 Å². The molecule has 1 atom stereocenters. The molecule has 0 aromatic carbocycles. The molecule has 5 heteroatoms. The van der Waals surface area contributed by atoms with E-state index < -0.39 is 0 Å². The lowest BCUT2D eigenvalue weighted by molar-refractivity contribution is -0.121. The van der Waals surface area contributed by atoms with Crippen LogP contribution in [0.4, 0.5) is 5.82 Å². The summed E-state index contributed by atoms with van der Waals surface area (Å²) < 4.78 is 0. The average Bonchev–Trinajstić information content (AvgIpc) is 2.38. The van der Waals surface area contributed by atoms with E-state index in [1.165, 1.54) is 0 Å². The fraction of sp³-hybridized carbons (Fsp3) is 0.462. The van der Waals surface area contributed by atoms with Gasteiger partial charge in [0.1, 0.15) is 5.82 Å². The van der Waals surface area contributed by atoms with Gasteiger partial charge < -0.3 is 10.6 Å². The number of nitriles is 1. The second kappa shape index (κ2) is 7.28. The van der Waals surface area contributed by atoms with Crippen molar-refractivity contribution in [2.45, 2.75) is 32.7 Å². The van der Waals surface area contributed by atoms with E-state index in [2.05, 4.69) is 15.6 Å². The van der Waals surface area contributed by atoms with Crippen molar-refractivity contribution in [1.29, 1.82) is 5.26 Å². The van der Waals surface area contributed by atoms with Crippen LogP contribution in [-0.2, 0) is 4.79 Å². The van der Waals surface area contributed by atoms with Gasteiger partial charge in [0, 0.05) is 25.2 Å². The van der Waals surface area contributed by atoms with Crippen LogP contribution in [0, 0.1) is 11.3 Å². The van der Waals surface area contributed by atoms with Gasteiger partial charge >= 0.3 is 0 Å². The molecule has 1 heterocycles. The van der Waals surface area contributed by atoms with Crippen LogP contribution in [0.2, 0.25) is 0 Å². The minimum Gasteiger partial charge on any atom is -0.370 e. The molecule has 0 aliphatic heterocycles. The molecular weight excluding hydrogens is 228 g/mol. The lowest BCUT2D eigenvalue weighted by Gasteiger charge is -2.11. The molecular formula is C13H18N4O. The third-order valence-corrected chi connectivity index (χ3v) is 2.57. The third kappa shape index (κ3) is 4.83. The van der Waals surface area contributed by atoms with Crippen LogP contribution < -0.4 is 10.6 Å². The van der Waals surface area contributed by atoms with Crippen LogP contribution in [-0.4, -0.2) is 23.5 Å². The molecule has 0 aliphatic rings. The number of aromatic nitrogens is 1. The van der Waals surface area contributed by atoms with Crippen LogP contribution in [0.5, 0.6) is 0 Å². The van der Waals surface area contributed by atoms with Crippen LogP contribution in [0.15, 0.2) is 18.3 Å². The van der Waals surface area contributed by atoms with Crippen molar-refractivity contribution >= 4 is 11.7 Å². The highest BCUT2D eigenvalue weighted by atomic mass is 16.1. The maximum Gasteiger partial charge on any atom is 0.221 e. The van der Waals surface area contributed by atoms with Gasteiger partial charge in [-0.2, -0.15) is 5.26 Å². The van der Waals surface area contributed by atoms with Crippen molar-refractivity contribution in [3.63, 3.8) is 0 Å². The molecule has 0 saturated carbocycles. The van der Waals surface area contributed by atoms with Gasteiger partial charge in [-0.15, -0.1) is 0 Å². The van der Waals surface area contributed by atoms with Crippen molar-refractivity contribution in [3.05, 3.63) is 23.9 Å². The van der Waals surface area contributed by atoms with Gasteiger partial charge in [-0.25, -0.2) is 4.98 Å². The number of anilines is 1. The summed E-state index contributed by atoms with van der Waals surface area (Å²) in [4.78, 5) is 15.6. The van der Waals surface area contributed by atoms with Gasteiger partial charge in [-0.05, 0) is 25.5 Å². The molecule has 1 aromatic rings. The van der Waals surface area contributed by atoms with E-state index in [9.17, 15) is 4.79 Å². The Hall–Kier alpha value is -2.09. The fourth-order valence-electron chi connectivity index (χ4n) is 1.35. The quantitative estimate of drug-likeness (QED) is 0.800. The van der Waals surface area contributed by atoms with Crippen LogP contribution in [0.1, 0.15) is 32.3 Å². The number of hydrogen-bond acceptors (Lipinski definition) is 4. The molecule has 2 N–H and O–H groups in total. The Kier molecular flexibility index (Phi) is 5.65. The summed E-state index contributed by atoms with van der Waals surface area (Å²) in [6.45, 7) is 4.51. The first kappa shape index (κ1) is 14.0. The second-order valence-electron chi connectivity index (χ2n) is 4.10. The zero-order valence-electron chi connectivity index (χ0n) is 10.7. The van der Waals surface area contributed by atoms with E-state index in [1.807, 2.05) is 19.9 Å². The molecule has 5 nitrogen and oxygen atoms in total. The Morgan fingerprint density at radius 3 is 3.06 bits per heavy atom. The molecule has 1 amide bonds. The molecule has 0 bridgehead atoms. The molecule has 0 spiro atoms. The molecule has 0 radical (unpaired) electrons. The summed E-state index contributed by atoms with van der Waals surface area (Å²) in [6.07, 6.45) is 2.88. The molecule has 96 valence electrons. The number of carbonyl (C=O) groups excluding carboxylic acids is 1. The van der Waals surface area contributed by atoms with Crippen molar-refractivity contribution in [2.24, 2.45) is 0 Å². The van der Waals surface area contributed by atoms with Crippen molar-refractivity contribution in [3.8, 4) is 6.07 Å². The summed E-state index contributed by atoms with van der Waals surface area (Å²) in [7, 11) is 0. The number of amides is 1. The van der Waals surface area contributed by atoms with E-state index in [0.29, 0.717) is 24.3 Å². The number of pyridine rings is 1. The Morgan fingerprint density at radius 2 is 2.39 bits per heavy atom. The van der Waals surface area contributed by atoms with Crippen molar-refractivity contribution in [2.75, 3.05) is 11.9 Å². The Bertz CT molecular complexity index is 439. The van der Waals surface area contributed by atoms with Gasteiger partial charge in [-0.1, -0.05) is 6.92 Å². The highest BCUT2D eigenvalue weighted by molar-refractivity contribution is 5.76. The molecule has 1 aromatic heterocycles. The third-order valence-electron chi connectivity index (χ3n) is 2.57. The predicted octanol–water partition coefficient (Wildman–Crippen LogP) is 1.67. The lowest BCUT2D eigenvalue weighted by atomic mass is 10.2. The highest BCUT2D eigenvalue weighted by Crippen LogP contribution is 2.05. The summed E-state index contributed by atoms with van der Waals surface area (Å²) in [5, 5.41) is 14.6. The first-order valence-electron chi connectivity index (χ1n) is 6.05. The van der Waals surface area contributed by atoms with Crippen molar-refractivity contribution < 1.29 is 4.79 Å². The first-order valence-corrected chi connectivity index (χ1v) is 6.05. The summed E-state index contributed by atoms with van der Waals surface area (Å²) >= 11 is 0. The zero-order chi connectivity index (χ0) is 13.4. The molecule has 1 rings (SSSR count). The number of carbonyl (C=O) groups is 1. The van der Waals surface area contributed by atoms with E-state index in [4.69, 9.17) is 5.26 Å². The van der Waals surface area contributed by atoms with Gasteiger partial charge in [0.05, 0.1) is 11.6 Å². The largest absolute Gasteiger partial charge is 0.370 e. The Morgan fingerprint density at radius 1 is 1.61 bits per heavy atom. The molecule has 0 saturated heterocycles. The number of nitrogens with zero attached hydrogens (tertiary/aromatic N) is 2. The highest BCUT2D eigenvalue weighted by Gasteiger charge is 2.05.